The first kappa shape index (κ1) is 17.2. The van der Waals surface area contributed by atoms with Gasteiger partial charge in [0.2, 0.25) is 0 Å². The second kappa shape index (κ2) is 8.47. The van der Waals surface area contributed by atoms with E-state index in [9.17, 15) is 4.79 Å². The van der Waals surface area contributed by atoms with E-state index in [1.807, 2.05) is 45.1 Å². The van der Waals surface area contributed by atoms with Crippen molar-refractivity contribution >= 4 is 12.2 Å². The first-order chi connectivity index (χ1) is 9.90. The Balaban J connectivity index is 2.41. The molecule has 1 rings (SSSR count). The van der Waals surface area contributed by atoms with Crippen molar-refractivity contribution in [3.8, 4) is 0 Å². The maximum absolute atomic E-state index is 11.5. The number of carbonyl (C=O) groups excluding carboxylic acids is 1. The largest absolute Gasteiger partial charge is 0.444 e. The summed E-state index contributed by atoms with van der Waals surface area (Å²) in [6.45, 7) is 9.90. The molecule has 0 unspecified atom stereocenters. The monoisotopic (exact) mass is 290 g/mol. The molecule has 0 saturated heterocycles. The Labute approximate surface area is 127 Å². The highest BCUT2D eigenvalue weighted by atomic mass is 16.6. The molecule has 1 aromatic rings. The van der Waals surface area contributed by atoms with Gasteiger partial charge < -0.3 is 15.4 Å². The van der Waals surface area contributed by atoms with E-state index in [1.54, 1.807) is 0 Å². The van der Waals surface area contributed by atoms with E-state index in [0.717, 1.165) is 18.7 Å². The van der Waals surface area contributed by atoms with Crippen LogP contribution >= 0.6 is 0 Å². The number of amides is 1. The number of nitrogens with one attached hydrogen (secondary N) is 2. The Kier molecular flexibility index (Phi) is 6.96. The van der Waals surface area contributed by atoms with Crippen LogP contribution in [0.25, 0.3) is 6.08 Å². The average molecular weight is 290 g/mol. The topological polar surface area (TPSA) is 50.4 Å². The minimum atomic E-state index is -0.464. The fourth-order valence-corrected chi connectivity index (χ4v) is 1.73. The second-order valence-electron chi connectivity index (χ2n) is 5.81. The number of hydrogen-bond acceptors (Lipinski definition) is 3. The fourth-order valence-electron chi connectivity index (χ4n) is 1.73. The van der Waals surface area contributed by atoms with Crippen molar-refractivity contribution in [3.63, 3.8) is 0 Å². The molecule has 0 atom stereocenters. The van der Waals surface area contributed by atoms with Gasteiger partial charge in [-0.15, -0.1) is 0 Å². The van der Waals surface area contributed by atoms with Gasteiger partial charge in [-0.05, 0) is 38.4 Å². The number of benzene rings is 1. The van der Waals surface area contributed by atoms with Gasteiger partial charge in [0.25, 0.3) is 0 Å². The molecule has 4 heteroatoms. The quantitative estimate of drug-likeness (QED) is 0.845. The lowest BCUT2D eigenvalue weighted by molar-refractivity contribution is 0.0534. The number of rotatable bonds is 6. The lowest BCUT2D eigenvalue weighted by Crippen LogP contribution is -2.32. The molecule has 4 nitrogen and oxygen atoms in total. The fraction of sp³-hybridized carbons (Fsp3) is 0.471. The van der Waals surface area contributed by atoms with E-state index >= 15 is 0 Å². The predicted molar refractivity (Wildman–Crippen MR) is 87.1 cm³/mol. The maximum Gasteiger partial charge on any atom is 0.407 e. The van der Waals surface area contributed by atoms with Gasteiger partial charge >= 0.3 is 6.09 Å². The van der Waals surface area contributed by atoms with Crippen LogP contribution in [0.15, 0.2) is 30.3 Å². The number of hydrogen-bond donors (Lipinski definition) is 2. The van der Waals surface area contributed by atoms with Gasteiger partial charge in [-0.1, -0.05) is 43.3 Å². The molecule has 0 fully saturated rings. The minimum Gasteiger partial charge on any atom is -0.444 e. The first-order valence-electron chi connectivity index (χ1n) is 7.34. The van der Waals surface area contributed by atoms with Gasteiger partial charge in [0.15, 0.2) is 0 Å². The normalized spacial score (nSPS) is 11.6. The summed E-state index contributed by atoms with van der Waals surface area (Å²) in [4.78, 5) is 11.5. The zero-order chi connectivity index (χ0) is 15.7. The zero-order valence-corrected chi connectivity index (χ0v) is 13.4. The predicted octanol–water partition coefficient (Wildman–Crippen LogP) is 3.33. The van der Waals surface area contributed by atoms with Crippen LogP contribution in [-0.4, -0.2) is 24.8 Å². The van der Waals surface area contributed by atoms with E-state index in [1.165, 1.54) is 5.56 Å². The van der Waals surface area contributed by atoms with Crippen molar-refractivity contribution in [2.45, 2.75) is 39.8 Å². The standard InChI is InChI=1S/C17H26N2O2/c1-5-18-13-15-9-6-8-14(12-15)10-7-11-19-16(20)21-17(2,3)4/h6-10,12,18H,5,11,13H2,1-4H3,(H,19,20). The molecule has 0 aliphatic rings. The van der Waals surface area contributed by atoms with Gasteiger partial charge in [0.1, 0.15) is 5.60 Å². The van der Waals surface area contributed by atoms with E-state index in [0.29, 0.717) is 6.54 Å². The molecule has 2 N–H and O–H groups in total. The van der Waals surface area contributed by atoms with E-state index in [2.05, 4.69) is 29.7 Å². The Morgan fingerprint density at radius 3 is 2.76 bits per heavy atom. The van der Waals surface area contributed by atoms with Gasteiger partial charge in [0.05, 0.1) is 0 Å². The van der Waals surface area contributed by atoms with Gasteiger partial charge in [-0.25, -0.2) is 4.79 Å². The van der Waals surface area contributed by atoms with Crippen LogP contribution in [-0.2, 0) is 11.3 Å². The third-order valence-corrected chi connectivity index (χ3v) is 2.60. The summed E-state index contributed by atoms with van der Waals surface area (Å²) in [7, 11) is 0. The van der Waals surface area contributed by atoms with Crippen LogP contribution in [0.3, 0.4) is 0 Å². The SMILES string of the molecule is CCNCc1cccc(C=CCNC(=O)OC(C)(C)C)c1. The van der Waals surface area contributed by atoms with Crippen LogP contribution in [0.5, 0.6) is 0 Å². The summed E-state index contributed by atoms with van der Waals surface area (Å²) < 4.78 is 5.16. The number of carbonyl (C=O) groups is 1. The summed E-state index contributed by atoms with van der Waals surface area (Å²) in [5.74, 6) is 0. The van der Waals surface area contributed by atoms with Gasteiger partial charge in [0, 0.05) is 13.1 Å². The van der Waals surface area contributed by atoms with Crippen LogP contribution in [0, 0.1) is 0 Å². The molecule has 0 aliphatic carbocycles. The lowest BCUT2D eigenvalue weighted by atomic mass is 10.1. The molecular formula is C17H26N2O2. The Morgan fingerprint density at radius 2 is 2.10 bits per heavy atom. The van der Waals surface area contributed by atoms with Crippen LogP contribution in [0.2, 0.25) is 0 Å². The summed E-state index contributed by atoms with van der Waals surface area (Å²) in [6, 6.07) is 8.30. The smallest absolute Gasteiger partial charge is 0.407 e. The second-order valence-corrected chi connectivity index (χ2v) is 5.81. The Hall–Kier alpha value is -1.81. The summed E-state index contributed by atoms with van der Waals surface area (Å²) in [6.07, 6.45) is 3.51. The van der Waals surface area contributed by atoms with Gasteiger partial charge in [-0.3, -0.25) is 0 Å². The highest BCUT2D eigenvalue weighted by Crippen LogP contribution is 2.08. The lowest BCUT2D eigenvalue weighted by Gasteiger charge is -2.19. The van der Waals surface area contributed by atoms with Gasteiger partial charge in [-0.2, -0.15) is 0 Å². The summed E-state index contributed by atoms with van der Waals surface area (Å²) in [5.41, 5.74) is 1.91. The van der Waals surface area contributed by atoms with E-state index in [-0.39, 0.29) is 0 Å². The molecule has 0 spiro atoms. The van der Waals surface area contributed by atoms with Crippen molar-refractivity contribution in [1.82, 2.24) is 10.6 Å². The van der Waals surface area contributed by atoms with Crippen molar-refractivity contribution < 1.29 is 9.53 Å². The third-order valence-electron chi connectivity index (χ3n) is 2.60. The van der Waals surface area contributed by atoms with Crippen LogP contribution < -0.4 is 10.6 Å². The molecule has 21 heavy (non-hydrogen) atoms. The average Bonchev–Trinajstić information content (AvgIpc) is 2.40. The molecule has 1 amide bonds. The van der Waals surface area contributed by atoms with Crippen LogP contribution in [0.1, 0.15) is 38.8 Å². The van der Waals surface area contributed by atoms with Crippen molar-refractivity contribution in [3.05, 3.63) is 41.5 Å². The molecule has 0 radical (unpaired) electrons. The molecule has 1 aromatic carbocycles. The molecule has 0 heterocycles. The first-order valence-corrected chi connectivity index (χ1v) is 7.34. The summed E-state index contributed by atoms with van der Waals surface area (Å²) >= 11 is 0. The number of alkyl carbamates (subject to hydrolysis) is 1. The van der Waals surface area contributed by atoms with Crippen molar-refractivity contribution in [1.29, 1.82) is 0 Å². The Morgan fingerprint density at radius 1 is 1.33 bits per heavy atom. The van der Waals surface area contributed by atoms with E-state index < -0.39 is 11.7 Å². The van der Waals surface area contributed by atoms with Crippen molar-refractivity contribution in [2.24, 2.45) is 0 Å². The van der Waals surface area contributed by atoms with Crippen LogP contribution in [0.4, 0.5) is 4.79 Å². The third kappa shape index (κ3) is 8.15. The van der Waals surface area contributed by atoms with E-state index in [4.69, 9.17) is 4.74 Å². The highest BCUT2D eigenvalue weighted by molar-refractivity contribution is 5.68. The van der Waals surface area contributed by atoms with Crippen molar-refractivity contribution in [2.75, 3.05) is 13.1 Å². The summed E-state index contributed by atoms with van der Waals surface area (Å²) in [5, 5.41) is 6.00. The molecule has 116 valence electrons. The maximum atomic E-state index is 11.5. The molecule has 0 aromatic heterocycles. The molecular weight excluding hydrogens is 264 g/mol. The molecule has 0 bridgehead atoms. The highest BCUT2D eigenvalue weighted by Gasteiger charge is 2.14. The number of ether oxygens (including phenoxy) is 1. The molecule has 0 saturated carbocycles. The zero-order valence-electron chi connectivity index (χ0n) is 13.4. The minimum absolute atomic E-state index is 0.395. The molecule has 0 aliphatic heterocycles. The Bertz CT molecular complexity index is 476.